The summed E-state index contributed by atoms with van der Waals surface area (Å²) in [6, 6.07) is 3.96. The number of pyridine rings is 1. The van der Waals surface area contributed by atoms with Gasteiger partial charge in [0, 0.05) is 25.5 Å². The Bertz CT molecular complexity index is 391. The third-order valence-electron chi connectivity index (χ3n) is 3.32. The molecule has 0 aromatic carbocycles. The van der Waals surface area contributed by atoms with Crippen LogP contribution in [0, 0.1) is 0 Å². The Morgan fingerprint density at radius 2 is 2.11 bits per heavy atom. The van der Waals surface area contributed by atoms with Crippen molar-refractivity contribution in [3.05, 3.63) is 30.1 Å². The largest absolute Gasteiger partial charge is 0.379 e. The first-order valence-corrected chi connectivity index (χ1v) is 6.79. The van der Waals surface area contributed by atoms with Crippen LogP contribution in [-0.4, -0.2) is 48.6 Å². The van der Waals surface area contributed by atoms with Gasteiger partial charge in [-0.2, -0.15) is 0 Å². The Labute approximate surface area is 114 Å². The number of morpholine rings is 1. The molecule has 2 heterocycles. The van der Waals surface area contributed by atoms with Crippen LogP contribution in [0.1, 0.15) is 24.9 Å². The first-order valence-electron chi connectivity index (χ1n) is 6.79. The van der Waals surface area contributed by atoms with Crippen molar-refractivity contribution < 1.29 is 9.53 Å². The highest BCUT2D eigenvalue weighted by molar-refractivity contribution is 5.78. The Hall–Kier alpha value is -1.46. The molecule has 1 fully saturated rings. The molecule has 0 saturated carbocycles. The smallest absolute Gasteiger partial charge is 0.234 e. The minimum absolute atomic E-state index is 0.0662. The van der Waals surface area contributed by atoms with Gasteiger partial charge in [0.25, 0.3) is 0 Å². The molecule has 0 unspecified atom stereocenters. The molecule has 5 heteroatoms. The summed E-state index contributed by atoms with van der Waals surface area (Å²) in [5.41, 5.74) is 1.10. The fraction of sp³-hybridized carbons (Fsp3) is 0.571. The normalized spacial score (nSPS) is 17.9. The number of rotatable bonds is 5. The average molecular weight is 263 g/mol. The van der Waals surface area contributed by atoms with E-state index in [0.29, 0.717) is 6.54 Å². The van der Waals surface area contributed by atoms with Crippen molar-refractivity contribution >= 4 is 5.91 Å². The van der Waals surface area contributed by atoms with Crippen molar-refractivity contribution in [1.29, 1.82) is 0 Å². The van der Waals surface area contributed by atoms with Crippen LogP contribution >= 0.6 is 0 Å². The number of ether oxygens (including phenoxy) is 1. The van der Waals surface area contributed by atoms with Crippen molar-refractivity contribution in [2.75, 3.05) is 32.8 Å². The molecular formula is C14H21N3O2. The standard InChI is InChI=1S/C14H21N3O2/c1-2-13(12-3-5-15-6-4-12)16-14(18)11-17-7-9-19-10-8-17/h3-6,13H,2,7-11H2,1H3,(H,16,18)/t13-/m1/s1. The first-order chi connectivity index (χ1) is 9.29. The van der Waals surface area contributed by atoms with Crippen molar-refractivity contribution in [2.45, 2.75) is 19.4 Å². The van der Waals surface area contributed by atoms with E-state index in [0.717, 1.165) is 38.3 Å². The number of aromatic nitrogens is 1. The number of carbonyl (C=O) groups excluding carboxylic acids is 1. The van der Waals surface area contributed by atoms with Crippen LogP contribution in [0.4, 0.5) is 0 Å². The number of nitrogens with zero attached hydrogens (tertiary/aromatic N) is 2. The summed E-state index contributed by atoms with van der Waals surface area (Å²) in [6.45, 7) is 5.62. The predicted molar refractivity (Wildman–Crippen MR) is 72.7 cm³/mol. The van der Waals surface area contributed by atoms with E-state index in [4.69, 9.17) is 4.74 Å². The minimum Gasteiger partial charge on any atom is -0.379 e. The lowest BCUT2D eigenvalue weighted by atomic mass is 10.1. The Kier molecular flexibility index (Phi) is 5.30. The van der Waals surface area contributed by atoms with Crippen molar-refractivity contribution in [1.82, 2.24) is 15.2 Å². The molecule has 1 atom stereocenters. The van der Waals surface area contributed by atoms with Gasteiger partial charge in [-0.25, -0.2) is 0 Å². The molecule has 1 N–H and O–H groups in total. The van der Waals surface area contributed by atoms with Gasteiger partial charge < -0.3 is 10.1 Å². The Balaban J connectivity index is 1.85. The molecule has 5 nitrogen and oxygen atoms in total. The summed E-state index contributed by atoms with van der Waals surface area (Å²) in [5, 5.41) is 3.08. The Morgan fingerprint density at radius 3 is 2.74 bits per heavy atom. The van der Waals surface area contributed by atoms with Crippen molar-refractivity contribution in [3.8, 4) is 0 Å². The van der Waals surface area contributed by atoms with Gasteiger partial charge in [-0.1, -0.05) is 6.92 Å². The second-order valence-corrected chi connectivity index (χ2v) is 4.70. The fourth-order valence-electron chi connectivity index (χ4n) is 2.22. The molecule has 0 aliphatic carbocycles. The minimum atomic E-state index is 0.0662. The van der Waals surface area contributed by atoms with E-state index in [9.17, 15) is 4.79 Å². The van der Waals surface area contributed by atoms with Crippen LogP contribution < -0.4 is 5.32 Å². The number of nitrogens with one attached hydrogen (secondary N) is 1. The van der Waals surface area contributed by atoms with Crippen LogP contribution in [0.3, 0.4) is 0 Å². The van der Waals surface area contributed by atoms with Gasteiger partial charge in [0.05, 0.1) is 25.8 Å². The van der Waals surface area contributed by atoms with Gasteiger partial charge in [0.15, 0.2) is 0 Å². The van der Waals surface area contributed by atoms with Gasteiger partial charge >= 0.3 is 0 Å². The Morgan fingerprint density at radius 1 is 1.42 bits per heavy atom. The quantitative estimate of drug-likeness (QED) is 0.860. The third kappa shape index (κ3) is 4.29. The fourth-order valence-corrected chi connectivity index (χ4v) is 2.22. The van der Waals surface area contributed by atoms with Gasteiger partial charge in [-0.3, -0.25) is 14.7 Å². The number of carbonyl (C=O) groups is 1. The zero-order valence-corrected chi connectivity index (χ0v) is 11.3. The van der Waals surface area contributed by atoms with Crippen LogP contribution in [0.25, 0.3) is 0 Å². The second kappa shape index (κ2) is 7.21. The molecule has 19 heavy (non-hydrogen) atoms. The monoisotopic (exact) mass is 263 g/mol. The molecule has 1 aliphatic rings. The molecule has 0 bridgehead atoms. The molecule has 1 aromatic heterocycles. The van der Waals surface area contributed by atoms with E-state index in [2.05, 4.69) is 22.1 Å². The maximum Gasteiger partial charge on any atom is 0.234 e. The van der Waals surface area contributed by atoms with Crippen molar-refractivity contribution in [3.63, 3.8) is 0 Å². The number of hydrogen-bond donors (Lipinski definition) is 1. The highest BCUT2D eigenvalue weighted by atomic mass is 16.5. The molecule has 2 rings (SSSR count). The van der Waals surface area contributed by atoms with E-state index >= 15 is 0 Å². The highest BCUT2D eigenvalue weighted by Gasteiger charge is 2.17. The molecule has 0 spiro atoms. The lowest BCUT2D eigenvalue weighted by molar-refractivity contribution is -0.124. The lowest BCUT2D eigenvalue weighted by Crippen LogP contribution is -2.43. The van der Waals surface area contributed by atoms with Gasteiger partial charge in [0.1, 0.15) is 0 Å². The van der Waals surface area contributed by atoms with E-state index in [-0.39, 0.29) is 11.9 Å². The van der Waals surface area contributed by atoms with E-state index in [1.165, 1.54) is 0 Å². The highest BCUT2D eigenvalue weighted by Crippen LogP contribution is 2.15. The van der Waals surface area contributed by atoms with Crippen LogP contribution in [0.2, 0.25) is 0 Å². The molecule has 0 radical (unpaired) electrons. The molecule has 1 aromatic rings. The third-order valence-corrected chi connectivity index (χ3v) is 3.32. The van der Waals surface area contributed by atoms with Crippen LogP contribution in [0.5, 0.6) is 0 Å². The summed E-state index contributed by atoms with van der Waals surface area (Å²) in [7, 11) is 0. The zero-order chi connectivity index (χ0) is 13.5. The molecule has 1 aliphatic heterocycles. The summed E-state index contributed by atoms with van der Waals surface area (Å²) in [4.78, 5) is 18.2. The summed E-state index contributed by atoms with van der Waals surface area (Å²) >= 11 is 0. The van der Waals surface area contributed by atoms with Crippen LogP contribution in [-0.2, 0) is 9.53 Å². The van der Waals surface area contributed by atoms with Gasteiger partial charge in [-0.05, 0) is 24.1 Å². The number of amides is 1. The van der Waals surface area contributed by atoms with E-state index < -0.39 is 0 Å². The summed E-state index contributed by atoms with van der Waals surface area (Å²) in [6.07, 6.45) is 4.39. The van der Waals surface area contributed by atoms with E-state index in [1.807, 2.05) is 12.1 Å². The molecular weight excluding hydrogens is 242 g/mol. The average Bonchev–Trinajstić information content (AvgIpc) is 2.47. The van der Waals surface area contributed by atoms with Crippen LogP contribution in [0.15, 0.2) is 24.5 Å². The predicted octanol–water partition coefficient (Wildman–Crippen LogP) is 0.981. The lowest BCUT2D eigenvalue weighted by Gasteiger charge is -2.27. The zero-order valence-electron chi connectivity index (χ0n) is 11.3. The molecule has 1 saturated heterocycles. The first kappa shape index (κ1) is 14.0. The number of hydrogen-bond acceptors (Lipinski definition) is 4. The molecule has 1 amide bonds. The maximum absolute atomic E-state index is 12.0. The second-order valence-electron chi connectivity index (χ2n) is 4.70. The van der Waals surface area contributed by atoms with Gasteiger partial charge in [-0.15, -0.1) is 0 Å². The summed E-state index contributed by atoms with van der Waals surface area (Å²) in [5.74, 6) is 0.0746. The van der Waals surface area contributed by atoms with Crippen molar-refractivity contribution in [2.24, 2.45) is 0 Å². The summed E-state index contributed by atoms with van der Waals surface area (Å²) < 4.78 is 5.27. The maximum atomic E-state index is 12.0. The topological polar surface area (TPSA) is 54.5 Å². The van der Waals surface area contributed by atoms with Gasteiger partial charge in [0.2, 0.25) is 5.91 Å². The SMILES string of the molecule is CC[C@@H](NC(=O)CN1CCOCC1)c1ccncc1. The van der Waals surface area contributed by atoms with E-state index in [1.54, 1.807) is 12.4 Å². The molecule has 104 valence electrons.